The fourth-order valence-electron chi connectivity index (χ4n) is 1.90. The Morgan fingerprint density at radius 3 is 2.67 bits per heavy atom. The lowest BCUT2D eigenvalue weighted by molar-refractivity contribution is -0.664. The summed E-state index contributed by atoms with van der Waals surface area (Å²) in [6, 6.07) is 6.52. The molecule has 18 heavy (non-hydrogen) atoms. The molecule has 1 saturated heterocycles. The molecule has 1 heterocycles. The highest BCUT2D eigenvalue weighted by Gasteiger charge is 2.41. The summed E-state index contributed by atoms with van der Waals surface area (Å²) in [6.45, 7) is 0.126. The number of imide groups is 1. The van der Waals surface area contributed by atoms with Crippen LogP contribution in [0.4, 0.5) is 10.1 Å². The van der Waals surface area contributed by atoms with Crippen molar-refractivity contribution >= 4 is 17.5 Å². The lowest BCUT2D eigenvalue weighted by atomic mass is 10.2. The number of rotatable bonds is 3. The van der Waals surface area contributed by atoms with E-state index >= 15 is 0 Å². The summed E-state index contributed by atoms with van der Waals surface area (Å²) in [5.41, 5.74) is 0.360. The van der Waals surface area contributed by atoms with E-state index in [1.54, 1.807) is 0 Å². The van der Waals surface area contributed by atoms with E-state index < -0.39 is 11.9 Å². The third kappa shape index (κ3) is 2.21. The second kappa shape index (κ2) is 4.94. The molecule has 1 atom stereocenters. The molecule has 6 heteroatoms. The topological polar surface area (TPSA) is 77.8 Å². The van der Waals surface area contributed by atoms with Crippen LogP contribution in [0.15, 0.2) is 24.3 Å². The first-order valence-electron chi connectivity index (χ1n) is 5.46. The van der Waals surface area contributed by atoms with Crippen LogP contribution in [0.1, 0.15) is 6.42 Å². The summed E-state index contributed by atoms with van der Waals surface area (Å²) in [5.74, 6) is -1.11. The van der Waals surface area contributed by atoms with Gasteiger partial charge in [0.15, 0.2) is 12.6 Å². The number of anilines is 1. The van der Waals surface area contributed by atoms with Gasteiger partial charge in [0.05, 0.1) is 12.1 Å². The van der Waals surface area contributed by atoms with Crippen molar-refractivity contribution < 1.29 is 19.3 Å². The van der Waals surface area contributed by atoms with Crippen molar-refractivity contribution in [2.45, 2.75) is 12.5 Å². The Morgan fingerprint density at radius 1 is 1.39 bits per heavy atom. The molecule has 1 aliphatic heterocycles. The molecular weight excluding hydrogens is 237 g/mol. The van der Waals surface area contributed by atoms with E-state index in [0.717, 1.165) is 4.90 Å². The summed E-state index contributed by atoms with van der Waals surface area (Å²) in [4.78, 5) is 24.8. The molecule has 0 unspecified atom stereocenters. The first-order valence-corrected chi connectivity index (χ1v) is 5.46. The van der Waals surface area contributed by atoms with Crippen LogP contribution < -0.4 is 10.2 Å². The number of quaternary nitrogens is 1. The first-order chi connectivity index (χ1) is 8.63. The van der Waals surface area contributed by atoms with Gasteiger partial charge in [0.1, 0.15) is 11.9 Å². The number of carbonyl (C=O) groups excluding carboxylic acids is 2. The SMILES string of the molecule is N#CC[NH2+][C@@H]1CC(=O)N(c2ccc(F)cc2)C1=O. The Morgan fingerprint density at radius 2 is 2.06 bits per heavy atom. The summed E-state index contributed by atoms with van der Waals surface area (Å²) in [7, 11) is 0. The number of amides is 2. The molecule has 0 saturated carbocycles. The zero-order valence-electron chi connectivity index (χ0n) is 9.47. The van der Waals surface area contributed by atoms with E-state index in [1.165, 1.54) is 29.6 Å². The van der Waals surface area contributed by atoms with Gasteiger partial charge >= 0.3 is 0 Å². The van der Waals surface area contributed by atoms with E-state index in [4.69, 9.17) is 5.26 Å². The van der Waals surface area contributed by atoms with Gasteiger partial charge in [0.2, 0.25) is 5.91 Å². The Hall–Kier alpha value is -2.26. The quantitative estimate of drug-likeness (QED) is 0.581. The second-order valence-corrected chi connectivity index (χ2v) is 3.95. The van der Waals surface area contributed by atoms with Gasteiger partial charge in [-0.25, -0.2) is 9.29 Å². The number of halogens is 1. The molecule has 1 aromatic carbocycles. The van der Waals surface area contributed by atoms with Gasteiger partial charge in [-0.05, 0) is 24.3 Å². The summed E-state index contributed by atoms with van der Waals surface area (Å²) in [6.07, 6.45) is 0.0674. The first kappa shape index (κ1) is 12.2. The number of nitrogens with zero attached hydrogens (tertiary/aromatic N) is 2. The molecule has 92 valence electrons. The lowest BCUT2D eigenvalue weighted by Gasteiger charge is -2.13. The highest BCUT2D eigenvalue weighted by molar-refractivity contribution is 6.21. The number of nitriles is 1. The predicted octanol–water partition coefficient (Wildman–Crippen LogP) is -0.455. The molecule has 0 aliphatic carbocycles. The van der Waals surface area contributed by atoms with E-state index in [2.05, 4.69) is 0 Å². The van der Waals surface area contributed by atoms with E-state index in [-0.39, 0.29) is 24.8 Å². The van der Waals surface area contributed by atoms with Crippen molar-refractivity contribution in [3.8, 4) is 6.07 Å². The molecule has 1 fully saturated rings. The summed E-state index contributed by atoms with van der Waals surface area (Å²) >= 11 is 0. The maximum absolute atomic E-state index is 12.8. The van der Waals surface area contributed by atoms with E-state index in [1.807, 2.05) is 6.07 Å². The summed E-state index contributed by atoms with van der Waals surface area (Å²) in [5, 5.41) is 9.99. The van der Waals surface area contributed by atoms with Crippen molar-refractivity contribution in [2.75, 3.05) is 11.4 Å². The standard InChI is InChI=1S/C12H10FN3O2/c13-8-1-3-9(4-2-8)16-11(17)7-10(12(16)18)15-6-5-14/h1-4,10,15H,6-7H2/p+1/t10-/m1/s1. The highest BCUT2D eigenvalue weighted by Crippen LogP contribution is 2.21. The maximum Gasteiger partial charge on any atom is 0.292 e. The van der Waals surface area contributed by atoms with Gasteiger partial charge in [-0.3, -0.25) is 9.59 Å². The Labute approximate surface area is 103 Å². The number of benzene rings is 1. The van der Waals surface area contributed by atoms with Crippen LogP contribution in [-0.4, -0.2) is 24.4 Å². The summed E-state index contributed by atoms with van der Waals surface area (Å²) < 4.78 is 12.8. The van der Waals surface area contributed by atoms with Crippen molar-refractivity contribution in [3.63, 3.8) is 0 Å². The third-order valence-electron chi connectivity index (χ3n) is 2.76. The number of hydrogen-bond acceptors (Lipinski definition) is 3. The molecular formula is C12H11FN3O2+. The number of nitrogens with two attached hydrogens (primary N) is 1. The molecule has 2 N–H and O–H groups in total. The molecule has 5 nitrogen and oxygen atoms in total. The molecule has 0 spiro atoms. The van der Waals surface area contributed by atoms with Crippen LogP contribution in [0.25, 0.3) is 0 Å². The number of hydrogen-bond donors (Lipinski definition) is 1. The van der Waals surface area contributed by atoms with Crippen LogP contribution in [0.5, 0.6) is 0 Å². The Bertz CT molecular complexity index is 521. The molecule has 0 bridgehead atoms. The number of carbonyl (C=O) groups is 2. The largest absolute Gasteiger partial charge is 0.324 e. The molecule has 0 aromatic heterocycles. The van der Waals surface area contributed by atoms with Crippen LogP contribution >= 0.6 is 0 Å². The highest BCUT2D eigenvalue weighted by atomic mass is 19.1. The van der Waals surface area contributed by atoms with E-state index in [9.17, 15) is 14.0 Å². The minimum Gasteiger partial charge on any atom is -0.324 e. The molecule has 1 aromatic rings. The lowest BCUT2D eigenvalue weighted by Crippen LogP contribution is -2.91. The minimum absolute atomic E-state index is 0.0674. The van der Waals surface area contributed by atoms with Gasteiger partial charge in [0, 0.05) is 0 Å². The predicted molar refractivity (Wildman–Crippen MR) is 59.7 cm³/mol. The average Bonchev–Trinajstić information content (AvgIpc) is 2.63. The van der Waals surface area contributed by atoms with Crippen molar-refractivity contribution in [3.05, 3.63) is 30.1 Å². The van der Waals surface area contributed by atoms with Gasteiger partial charge in [-0.2, -0.15) is 5.26 Å². The van der Waals surface area contributed by atoms with Gasteiger partial charge in [-0.15, -0.1) is 0 Å². The Balaban J connectivity index is 2.19. The molecule has 1 aliphatic rings. The second-order valence-electron chi connectivity index (χ2n) is 3.95. The maximum atomic E-state index is 12.8. The monoisotopic (exact) mass is 248 g/mol. The van der Waals surface area contributed by atoms with Crippen LogP contribution in [0.2, 0.25) is 0 Å². The Kier molecular flexibility index (Phi) is 3.35. The van der Waals surface area contributed by atoms with E-state index in [0.29, 0.717) is 5.69 Å². The average molecular weight is 248 g/mol. The van der Waals surface area contributed by atoms with Gasteiger partial charge in [0.25, 0.3) is 5.91 Å². The van der Waals surface area contributed by atoms with Crippen LogP contribution in [0.3, 0.4) is 0 Å². The van der Waals surface area contributed by atoms with Gasteiger partial charge < -0.3 is 5.32 Å². The zero-order chi connectivity index (χ0) is 13.1. The van der Waals surface area contributed by atoms with Crippen molar-refractivity contribution in [1.29, 1.82) is 5.26 Å². The fourth-order valence-corrected chi connectivity index (χ4v) is 1.90. The third-order valence-corrected chi connectivity index (χ3v) is 2.76. The molecule has 2 rings (SSSR count). The normalized spacial score (nSPS) is 19.1. The van der Waals surface area contributed by atoms with Crippen LogP contribution in [-0.2, 0) is 9.59 Å². The smallest absolute Gasteiger partial charge is 0.292 e. The van der Waals surface area contributed by atoms with Gasteiger partial charge in [-0.1, -0.05) is 0 Å². The zero-order valence-corrected chi connectivity index (χ0v) is 9.47. The minimum atomic E-state index is -0.554. The molecule has 0 radical (unpaired) electrons. The van der Waals surface area contributed by atoms with Crippen molar-refractivity contribution in [2.24, 2.45) is 0 Å². The van der Waals surface area contributed by atoms with Crippen LogP contribution in [0, 0.1) is 17.1 Å². The molecule has 2 amide bonds. The fraction of sp³-hybridized carbons (Fsp3) is 0.250. The van der Waals surface area contributed by atoms with Crippen molar-refractivity contribution in [1.82, 2.24) is 0 Å².